The molecule has 0 bridgehead atoms. The van der Waals surface area contributed by atoms with Gasteiger partial charge >= 0.3 is 0 Å². The van der Waals surface area contributed by atoms with Gasteiger partial charge in [-0.3, -0.25) is 0 Å². The van der Waals surface area contributed by atoms with Crippen molar-refractivity contribution in [3.63, 3.8) is 0 Å². The quantitative estimate of drug-likeness (QED) is 0.889. The Labute approximate surface area is 121 Å². The summed E-state index contributed by atoms with van der Waals surface area (Å²) < 4.78 is 11.3. The maximum Gasteiger partial charge on any atom is 0.161 e. The first-order chi connectivity index (χ1) is 9.29. The Bertz CT molecular complexity index is 463. The zero-order chi connectivity index (χ0) is 14.8. The van der Waals surface area contributed by atoms with Crippen LogP contribution in [0.1, 0.15) is 39.7 Å². The maximum atomic E-state index is 10.1. The minimum atomic E-state index is -0.793. The van der Waals surface area contributed by atoms with Gasteiger partial charge in [-0.25, -0.2) is 0 Å². The zero-order valence-electron chi connectivity index (χ0n) is 12.8. The normalized spacial score (nSPS) is 15.8. The van der Waals surface area contributed by atoms with E-state index in [0.717, 1.165) is 23.5 Å². The van der Waals surface area contributed by atoms with Crippen molar-refractivity contribution in [2.24, 2.45) is 0 Å². The van der Waals surface area contributed by atoms with E-state index in [0.29, 0.717) is 19.8 Å². The molecule has 0 aromatic heterocycles. The highest BCUT2D eigenvalue weighted by atomic mass is 16.5. The Hall–Kier alpha value is -1.26. The molecular formula is C16H25NO3. The second-order valence-corrected chi connectivity index (χ2v) is 6.37. The molecule has 1 aromatic carbocycles. The molecule has 0 fully saturated rings. The highest BCUT2D eigenvalue weighted by molar-refractivity contribution is 5.43. The molecular weight excluding hydrogens is 254 g/mol. The second kappa shape index (κ2) is 5.62. The lowest BCUT2D eigenvalue weighted by atomic mass is 9.86. The lowest BCUT2D eigenvalue weighted by molar-refractivity contribution is -0.00532. The molecule has 2 rings (SSSR count). The highest BCUT2D eigenvalue weighted by Crippen LogP contribution is 2.30. The number of rotatable bonds is 4. The van der Waals surface area contributed by atoms with Crippen molar-refractivity contribution < 1.29 is 14.6 Å². The molecule has 0 atom stereocenters. The van der Waals surface area contributed by atoms with Crippen LogP contribution in [0.2, 0.25) is 0 Å². The van der Waals surface area contributed by atoms with E-state index >= 15 is 0 Å². The fourth-order valence-electron chi connectivity index (χ4n) is 1.86. The summed E-state index contributed by atoms with van der Waals surface area (Å²) >= 11 is 0. The molecule has 112 valence electrons. The number of aliphatic hydroxyl groups is 1. The van der Waals surface area contributed by atoms with Gasteiger partial charge in [-0.15, -0.1) is 0 Å². The van der Waals surface area contributed by atoms with Crippen LogP contribution in [0.5, 0.6) is 11.5 Å². The average molecular weight is 279 g/mol. The Balaban J connectivity index is 2.06. The van der Waals surface area contributed by atoms with Crippen LogP contribution >= 0.6 is 0 Å². The zero-order valence-corrected chi connectivity index (χ0v) is 12.8. The first kappa shape index (κ1) is 15.1. The third-order valence-corrected chi connectivity index (χ3v) is 4.08. The van der Waals surface area contributed by atoms with Gasteiger partial charge in [0.25, 0.3) is 0 Å². The number of ether oxygens (including phenoxy) is 2. The van der Waals surface area contributed by atoms with E-state index < -0.39 is 5.60 Å². The van der Waals surface area contributed by atoms with Crippen LogP contribution < -0.4 is 14.8 Å². The second-order valence-electron chi connectivity index (χ2n) is 6.37. The lowest BCUT2D eigenvalue weighted by Crippen LogP contribution is -2.55. The van der Waals surface area contributed by atoms with Crippen LogP contribution in [-0.2, 0) is 6.54 Å². The summed E-state index contributed by atoms with van der Waals surface area (Å²) in [4.78, 5) is 0. The van der Waals surface area contributed by atoms with Gasteiger partial charge in [0.2, 0.25) is 0 Å². The third-order valence-electron chi connectivity index (χ3n) is 4.08. The fourth-order valence-corrected chi connectivity index (χ4v) is 1.86. The smallest absolute Gasteiger partial charge is 0.161 e. The first-order valence-corrected chi connectivity index (χ1v) is 7.15. The first-order valence-electron chi connectivity index (χ1n) is 7.15. The summed E-state index contributed by atoms with van der Waals surface area (Å²) in [6, 6.07) is 5.99. The number of hydrogen-bond acceptors (Lipinski definition) is 4. The summed E-state index contributed by atoms with van der Waals surface area (Å²) in [6.45, 7) is 9.69. The molecule has 1 aliphatic heterocycles. The van der Waals surface area contributed by atoms with Gasteiger partial charge in [0.1, 0.15) is 0 Å². The van der Waals surface area contributed by atoms with Crippen LogP contribution in [-0.4, -0.2) is 29.5 Å². The summed E-state index contributed by atoms with van der Waals surface area (Å²) in [7, 11) is 0. The number of hydrogen-bond donors (Lipinski definition) is 2. The van der Waals surface area contributed by atoms with Gasteiger partial charge in [-0.05, 0) is 45.4 Å². The Morgan fingerprint density at radius 3 is 2.40 bits per heavy atom. The molecule has 20 heavy (non-hydrogen) atoms. The molecule has 1 aromatic rings. The van der Waals surface area contributed by atoms with E-state index in [1.54, 1.807) is 0 Å². The van der Waals surface area contributed by atoms with Gasteiger partial charge in [-0.2, -0.15) is 0 Å². The maximum absolute atomic E-state index is 10.1. The van der Waals surface area contributed by atoms with Gasteiger partial charge in [-0.1, -0.05) is 6.07 Å². The van der Waals surface area contributed by atoms with Crippen molar-refractivity contribution in [3.8, 4) is 11.5 Å². The van der Waals surface area contributed by atoms with Crippen molar-refractivity contribution >= 4 is 0 Å². The van der Waals surface area contributed by atoms with Crippen molar-refractivity contribution in [1.29, 1.82) is 0 Å². The number of benzene rings is 1. The van der Waals surface area contributed by atoms with Crippen molar-refractivity contribution in [2.45, 2.75) is 51.8 Å². The third kappa shape index (κ3) is 3.44. The number of nitrogens with one attached hydrogen (secondary N) is 1. The van der Waals surface area contributed by atoms with Gasteiger partial charge in [0.05, 0.1) is 18.8 Å². The molecule has 4 nitrogen and oxygen atoms in total. The molecule has 0 saturated heterocycles. The molecule has 0 amide bonds. The van der Waals surface area contributed by atoms with E-state index in [-0.39, 0.29) is 5.54 Å². The van der Waals surface area contributed by atoms with Gasteiger partial charge < -0.3 is 19.9 Å². The van der Waals surface area contributed by atoms with Crippen molar-refractivity contribution in [3.05, 3.63) is 23.8 Å². The number of fused-ring (bicyclic) bond motifs is 1. The molecule has 1 heterocycles. The van der Waals surface area contributed by atoms with E-state index in [4.69, 9.17) is 9.47 Å². The van der Waals surface area contributed by atoms with Gasteiger partial charge in [0.15, 0.2) is 11.5 Å². The predicted octanol–water partition coefficient (Wildman–Crippen LogP) is 2.49. The lowest BCUT2D eigenvalue weighted by Gasteiger charge is -2.38. The van der Waals surface area contributed by atoms with Crippen LogP contribution in [0.4, 0.5) is 0 Å². The van der Waals surface area contributed by atoms with Crippen LogP contribution in [0.3, 0.4) is 0 Å². The van der Waals surface area contributed by atoms with E-state index in [2.05, 4.69) is 5.32 Å². The molecule has 1 aliphatic rings. The van der Waals surface area contributed by atoms with E-state index in [9.17, 15) is 5.11 Å². The summed E-state index contributed by atoms with van der Waals surface area (Å²) in [6.07, 6.45) is 0.911. The molecule has 0 aliphatic carbocycles. The molecule has 0 saturated carbocycles. The highest BCUT2D eigenvalue weighted by Gasteiger charge is 2.34. The van der Waals surface area contributed by atoms with Gasteiger partial charge in [0, 0.05) is 18.5 Å². The standard InChI is InChI=1S/C16H25NO3/c1-15(2,16(3,4)18)17-11-12-6-7-13-14(10-12)20-9-5-8-19-13/h6-7,10,17-18H,5,8-9,11H2,1-4H3. The largest absolute Gasteiger partial charge is 0.490 e. The molecule has 2 N–H and O–H groups in total. The van der Waals surface area contributed by atoms with E-state index in [1.165, 1.54) is 0 Å². The Kier molecular flexibility index (Phi) is 4.25. The van der Waals surface area contributed by atoms with Crippen molar-refractivity contribution in [1.82, 2.24) is 5.32 Å². The van der Waals surface area contributed by atoms with Crippen LogP contribution in [0, 0.1) is 0 Å². The Morgan fingerprint density at radius 1 is 1.10 bits per heavy atom. The van der Waals surface area contributed by atoms with Crippen LogP contribution in [0.25, 0.3) is 0 Å². The summed E-state index contributed by atoms with van der Waals surface area (Å²) in [5, 5.41) is 13.5. The molecule has 4 heteroatoms. The topological polar surface area (TPSA) is 50.7 Å². The molecule has 0 radical (unpaired) electrons. The summed E-state index contributed by atoms with van der Waals surface area (Å²) in [5.41, 5.74) is -0.0540. The molecule has 0 unspecified atom stereocenters. The molecule has 0 spiro atoms. The van der Waals surface area contributed by atoms with Crippen molar-refractivity contribution in [2.75, 3.05) is 13.2 Å². The SMILES string of the molecule is CC(C)(O)C(C)(C)NCc1ccc2c(c1)OCCCO2. The van der Waals surface area contributed by atoms with E-state index in [1.807, 2.05) is 45.9 Å². The Morgan fingerprint density at radius 2 is 1.75 bits per heavy atom. The minimum absolute atomic E-state index is 0.378. The average Bonchev–Trinajstić information content (AvgIpc) is 2.59. The predicted molar refractivity (Wildman–Crippen MR) is 79.3 cm³/mol. The summed E-state index contributed by atoms with van der Waals surface area (Å²) in [5.74, 6) is 1.62. The fraction of sp³-hybridized carbons (Fsp3) is 0.625. The van der Waals surface area contributed by atoms with Crippen LogP contribution in [0.15, 0.2) is 18.2 Å². The minimum Gasteiger partial charge on any atom is -0.490 e. The monoisotopic (exact) mass is 279 g/mol.